The van der Waals surface area contributed by atoms with Crippen molar-refractivity contribution >= 4 is 28.5 Å². The standard InChI is InChI=1S/C27H24N2O4/c1-4-33-25-12-8-6-10-20(25)24-16-21(19-9-5-7-11-22(19)28-24)26(30)29-23-15-18(27(31)32-3)14-13-17(23)2/h5-16H,4H2,1-3H3,(H,29,30). The van der Waals surface area contributed by atoms with E-state index in [4.69, 9.17) is 14.5 Å². The van der Waals surface area contributed by atoms with Crippen LogP contribution in [0.25, 0.3) is 22.2 Å². The SMILES string of the molecule is CCOc1ccccc1-c1cc(C(=O)Nc2cc(C(=O)OC)ccc2C)c2ccccc2n1. The molecule has 166 valence electrons. The summed E-state index contributed by atoms with van der Waals surface area (Å²) in [5, 5.41) is 3.68. The Labute approximate surface area is 192 Å². The maximum Gasteiger partial charge on any atom is 0.337 e. The average molecular weight is 440 g/mol. The number of fused-ring (bicyclic) bond motifs is 1. The maximum atomic E-state index is 13.4. The Morgan fingerprint density at radius 2 is 1.73 bits per heavy atom. The van der Waals surface area contributed by atoms with Gasteiger partial charge in [0.05, 0.1) is 36.1 Å². The number of rotatable bonds is 6. The lowest BCUT2D eigenvalue weighted by Crippen LogP contribution is -2.15. The van der Waals surface area contributed by atoms with E-state index >= 15 is 0 Å². The molecule has 0 spiro atoms. The minimum atomic E-state index is -0.463. The van der Waals surface area contributed by atoms with Crippen LogP contribution in [0.15, 0.2) is 72.8 Å². The van der Waals surface area contributed by atoms with Crippen LogP contribution in [-0.2, 0) is 4.74 Å². The Morgan fingerprint density at radius 3 is 2.52 bits per heavy atom. The van der Waals surface area contributed by atoms with Crippen molar-refractivity contribution in [1.82, 2.24) is 4.98 Å². The largest absolute Gasteiger partial charge is 0.493 e. The van der Waals surface area contributed by atoms with Gasteiger partial charge in [-0.25, -0.2) is 9.78 Å². The molecule has 1 aromatic heterocycles. The summed E-state index contributed by atoms with van der Waals surface area (Å²) in [6, 6.07) is 22.0. The highest BCUT2D eigenvalue weighted by atomic mass is 16.5. The number of amides is 1. The zero-order valence-corrected chi connectivity index (χ0v) is 18.7. The second-order valence-electron chi connectivity index (χ2n) is 7.48. The van der Waals surface area contributed by atoms with Gasteiger partial charge in [0.25, 0.3) is 5.91 Å². The number of aryl methyl sites for hydroxylation is 1. The Kier molecular flexibility index (Phi) is 6.36. The fourth-order valence-corrected chi connectivity index (χ4v) is 3.65. The number of aromatic nitrogens is 1. The van der Waals surface area contributed by atoms with Crippen molar-refractivity contribution in [3.05, 3.63) is 89.5 Å². The van der Waals surface area contributed by atoms with Crippen LogP contribution in [0.4, 0.5) is 5.69 Å². The van der Waals surface area contributed by atoms with E-state index in [1.54, 1.807) is 24.3 Å². The Morgan fingerprint density at radius 1 is 0.970 bits per heavy atom. The molecule has 6 nitrogen and oxygen atoms in total. The van der Waals surface area contributed by atoms with Crippen molar-refractivity contribution in [2.75, 3.05) is 19.0 Å². The van der Waals surface area contributed by atoms with Crippen molar-refractivity contribution in [3.63, 3.8) is 0 Å². The molecule has 3 aromatic carbocycles. The summed E-state index contributed by atoms with van der Waals surface area (Å²) in [5.41, 5.74) is 4.36. The number of carbonyl (C=O) groups is 2. The summed E-state index contributed by atoms with van der Waals surface area (Å²) in [5.74, 6) is -0.0562. The highest BCUT2D eigenvalue weighted by molar-refractivity contribution is 6.13. The molecule has 0 aliphatic heterocycles. The van der Waals surface area contributed by atoms with Gasteiger partial charge in [0.15, 0.2) is 0 Å². The molecule has 0 saturated carbocycles. The molecule has 1 heterocycles. The van der Waals surface area contributed by atoms with Gasteiger partial charge in [-0.3, -0.25) is 4.79 Å². The number of nitrogens with one attached hydrogen (secondary N) is 1. The predicted molar refractivity (Wildman–Crippen MR) is 129 cm³/mol. The highest BCUT2D eigenvalue weighted by Crippen LogP contribution is 2.32. The van der Waals surface area contributed by atoms with Gasteiger partial charge in [-0.1, -0.05) is 36.4 Å². The number of pyridine rings is 1. The minimum absolute atomic E-state index is 0.297. The molecular weight excluding hydrogens is 416 g/mol. The summed E-state index contributed by atoms with van der Waals surface area (Å²) in [4.78, 5) is 30.2. The van der Waals surface area contributed by atoms with Crippen LogP contribution < -0.4 is 10.1 Å². The van der Waals surface area contributed by atoms with Gasteiger partial charge in [-0.2, -0.15) is 0 Å². The summed E-state index contributed by atoms with van der Waals surface area (Å²) in [6.07, 6.45) is 0. The second kappa shape index (κ2) is 9.53. The second-order valence-corrected chi connectivity index (χ2v) is 7.48. The van der Waals surface area contributed by atoms with Crippen molar-refractivity contribution in [1.29, 1.82) is 0 Å². The van der Waals surface area contributed by atoms with Gasteiger partial charge in [0.2, 0.25) is 0 Å². The molecule has 0 unspecified atom stereocenters. The normalized spacial score (nSPS) is 10.6. The molecular formula is C27H24N2O4. The molecule has 0 atom stereocenters. The van der Waals surface area contributed by atoms with Crippen LogP contribution in [0.2, 0.25) is 0 Å². The van der Waals surface area contributed by atoms with E-state index in [1.807, 2.05) is 62.4 Å². The van der Waals surface area contributed by atoms with Gasteiger partial charge in [-0.15, -0.1) is 0 Å². The number of hydrogen-bond acceptors (Lipinski definition) is 5. The van der Waals surface area contributed by atoms with Crippen molar-refractivity contribution in [2.24, 2.45) is 0 Å². The van der Waals surface area contributed by atoms with Crippen LogP contribution in [0.3, 0.4) is 0 Å². The number of carbonyl (C=O) groups excluding carboxylic acids is 2. The van der Waals surface area contributed by atoms with E-state index in [0.717, 1.165) is 16.5 Å². The van der Waals surface area contributed by atoms with E-state index in [-0.39, 0.29) is 5.91 Å². The molecule has 0 aliphatic carbocycles. The average Bonchev–Trinajstić information content (AvgIpc) is 2.84. The summed E-state index contributed by atoms with van der Waals surface area (Å²) < 4.78 is 10.6. The van der Waals surface area contributed by atoms with Crippen LogP contribution in [0.1, 0.15) is 33.2 Å². The lowest BCUT2D eigenvalue weighted by Gasteiger charge is -2.14. The number of benzene rings is 3. The van der Waals surface area contributed by atoms with Gasteiger partial charge < -0.3 is 14.8 Å². The number of nitrogens with zero attached hydrogens (tertiary/aromatic N) is 1. The summed E-state index contributed by atoms with van der Waals surface area (Å²) in [6.45, 7) is 4.31. The number of anilines is 1. The lowest BCUT2D eigenvalue weighted by atomic mass is 10.0. The third-order valence-corrected chi connectivity index (χ3v) is 5.33. The number of methoxy groups -OCH3 is 1. The van der Waals surface area contributed by atoms with E-state index in [1.165, 1.54) is 7.11 Å². The zero-order chi connectivity index (χ0) is 23.4. The van der Waals surface area contributed by atoms with E-state index in [0.29, 0.717) is 40.4 Å². The number of hydrogen-bond donors (Lipinski definition) is 1. The maximum absolute atomic E-state index is 13.4. The number of ether oxygens (including phenoxy) is 2. The predicted octanol–water partition coefficient (Wildman–Crippen LogP) is 5.65. The smallest absolute Gasteiger partial charge is 0.337 e. The summed E-state index contributed by atoms with van der Waals surface area (Å²) in [7, 11) is 1.32. The third-order valence-electron chi connectivity index (χ3n) is 5.33. The van der Waals surface area contributed by atoms with Crippen molar-refractivity contribution in [3.8, 4) is 17.0 Å². The van der Waals surface area contributed by atoms with E-state index < -0.39 is 5.97 Å². The first-order valence-electron chi connectivity index (χ1n) is 10.6. The number of esters is 1. The van der Waals surface area contributed by atoms with Gasteiger partial charge >= 0.3 is 5.97 Å². The van der Waals surface area contributed by atoms with Gasteiger partial charge in [-0.05, 0) is 55.8 Å². The monoisotopic (exact) mass is 440 g/mol. The molecule has 4 aromatic rings. The molecule has 1 amide bonds. The van der Waals surface area contributed by atoms with Crippen LogP contribution in [0, 0.1) is 6.92 Å². The first kappa shape index (κ1) is 22.0. The topological polar surface area (TPSA) is 77.5 Å². The molecule has 4 rings (SSSR count). The quantitative estimate of drug-likeness (QED) is 0.392. The van der Waals surface area contributed by atoms with Crippen molar-refractivity contribution in [2.45, 2.75) is 13.8 Å². The van der Waals surface area contributed by atoms with Crippen LogP contribution in [-0.4, -0.2) is 30.6 Å². The van der Waals surface area contributed by atoms with Crippen molar-refractivity contribution < 1.29 is 19.1 Å². The number of para-hydroxylation sites is 2. The third kappa shape index (κ3) is 4.55. The Hall–Kier alpha value is -4.19. The van der Waals surface area contributed by atoms with Gasteiger partial charge in [0, 0.05) is 16.6 Å². The molecule has 0 radical (unpaired) electrons. The molecule has 0 aliphatic rings. The van der Waals surface area contributed by atoms with Crippen LogP contribution in [0.5, 0.6) is 5.75 Å². The molecule has 0 fully saturated rings. The molecule has 0 bridgehead atoms. The molecule has 33 heavy (non-hydrogen) atoms. The molecule has 6 heteroatoms. The molecule has 0 saturated heterocycles. The highest BCUT2D eigenvalue weighted by Gasteiger charge is 2.17. The van der Waals surface area contributed by atoms with E-state index in [2.05, 4.69) is 5.32 Å². The zero-order valence-electron chi connectivity index (χ0n) is 18.7. The van der Waals surface area contributed by atoms with Gasteiger partial charge in [0.1, 0.15) is 5.75 Å². The minimum Gasteiger partial charge on any atom is -0.493 e. The Bertz CT molecular complexity index is 1350. The lowest BCUT2D eigenvalue weighted by molar-refractivity contribution is 0.0600. The molecule has 1 N–H and O–H groups in total. The summed E-state index contributed by atoms with van der Waals surface area (Å²) >= 11 is 0. The first-order valence-corrected chi connectivity index (χ1v) is 10.6. The fourth-order valence-electron chi connectivity index (χ4n) is 3.65. The first-order chi connectivity index (χ1) is 16.0. The fraction of sp³-hybridized carbons (Fsp3) is 0.148. The van der Waals surface area contributed by atoms with Crippen LogP contribution >= 0.6 is 0 Å². The Balaban J connectivity index is 1.80. The van der Waals surface area contributed by atoms with E-state index in [9.17, 15) is 9.59 Å².